The summed E-state index contributed by atoms with van der Waals surface area (Å²) >= 11 is 5.66. The number of alkyl halides is 1. The van der Waals surface area contributed by atoms with Gasteiger partial charge >= 0.3 is 5.97 Å². The molecule has 1 aromatic carbocycles. The Bertz CT molecular complexity index is 417. The van der Waals surface area contributed by atoms with Gasteiger partial charge in [-0.25, -0.2) is 9.18 Å². The summed E-state index contributed by atoms with van der Waals surface area (Å²) in [6, 6.07) is 2.83. The van der Waals surface area contributed by atoms with Crippen LogP contribution < -0.4 is 5.73 Å². The van der Waals surface area contributed by atoms with Crippen LogP contribution in [0.2, 0.25) is 5.02 Å². The van der Waals surface area contributed by atoms with Gasteiger partial charge in [0.05, 0.1) is 17.7 Å². The molecule has 1 unspecified atom stereocenters. The number of carbonyl (C=O) groups is 1. The molecule has 0 saturated carbocycles. The lowest BCUT2D eigenvalue weighted by Crippen LogP contribution is -2.31. The Morgan fingerprint density at radius 1 is 1.61 bits per heavy atom. The third kappa shape index (κ3) is 4.01. The molecule has 0 radical (unpaired) electrons. The van der Waals surface area contributed by atoms with Crippen molar-refractivity contribution in [3.8, 4) is 5.75 Å². The lowest BCUT2D eigenvalue weighted by atomic mass is 10.0. The molecule has 0 amide bonds. The lowest BCUT2D eigenvalue weighted by Gasteiger charge is -2.16. The van der Waals surface area contributed by atoms with Crippen LogP contribution in [0, 0.1) is 0 Å². The largest absolute Gasteiger partial charge is 0.506 e. The van der Waals surface area contributed by atoms with Crippen LogP contribution in [0.3, 0.4) is 0 Å². The second-order valence-corrected chi connectivity index (χ2v) is 3.80. The van der Waals surface area contributed by atoms with Crippen molar-refractivity contribution in [3.63, 3.8) is 0 Å². The van der Waals surface area contributed by atoms with E-state index in [1.807, 2.05) is 0 Å². The number of ether oxygens (including phenoxy) is 1. The van der Waals surface area contributed by atoms with Crippen molar-refractivity contribution in [1.82, 2.24) is 0 Å². The number of carbonyl (C=O) groups excluding carboxylic acids is 1. The van der Waals surface area contributed by atoms with Crippen molar-refractivity contribution in [2.45, 2.75) is 19.1 Å². The van der Waals surface area contributed by atoms with Gasteiger partial charge in [-0.3, -0.25) is 0 Å². The summed E-state index contributed by atoms with van der Waals surface area (Å²) in [6.07, 6.45) is -1.96. The van der Waals surface area contributed by atoms with Crippen molar-refractivity contribution >= 4 is 30.0 Å². The van der Waals surface area contributed by atoms with Gasteiger partial charge in [0, 0.05) is 0 Å². The third-order valence-electron chi connectivity index (χ3n) is 2.18. The maximum absolute atomic E-state index is 13.6. The van der Waals surface area contributed by atoms with Gasteiger partial charge in [-0.05, 0) is 24.6 Å². The minimum Gasteiger partial charge on any atom is -0.506 e. The van der Waals surface area contributed by atoms with Crippen LogP contribution in [-0.2, 0) is 9.53 Å². The molecule has 0 aliphatic rings. The summed E-state index contributed by atoms with van der Waals surface area (Å²) in [5.74, 6) is -1.14. The second-order valence-electron chi connectivity index (χ2n) is 3.39. The van der Waals surface area contributed by atoms with Crippen LogP contribution >= 0.6 is 24.0 Å². The van der Waals surface area contributed by atoms with Crippen molar-refractivity contribution in [2.75, 3.05) is 6.61 Å². The molecule has 1 aromatic rings. The van der Waals surface area contributed by atoms with Gasteiger partial charge in [-0.1, -0.05) is 17.7 Å². The first-order valence-corrected chi connectivity index (χ1v) is 5.39. The number of hydrogen-bond donors (Lipinski definition) is 2. The second kappa shape index (κ2) is 7.41. The summed E-state index contributed by atoms with van der Waals surface area (Å²) < 4.78 is 18.1. The van der Waals surface area contributed by atoms with Crippen LogP contribution in [0.4, 0.5) is 4.39 Å². The van der Waals surface area contributed by atoms with Crippen LogP contribution in [0.25, 0.3) is 0 Å². The first kappa shape index (κ1) is 17.0. The number of hydrogen-bond acceptors (Lipinski definition) is 4. The Hall–Kier alpha value is -1.04. The maximum Gasteiger partial charge on any atom is 0.342 e. The van der Waals surface area contributed by atoms with E-state index >= 15 is 0 Å². The number of phenols is 1. The highest BCUT2D eigenvalue weighted by molar-refractivity contribution is 6.32. The van der Waals surface area contributed by atoms with E-state index in [1.165, 1.54) is 18.2 Å². The molecule has 2 atom stereocenters. The molecule has 3 N–H and O–H groups in total. The fourth-order valence-corrected chi connectivity index (χ4v) is 1.46. The molecular weight excluding hydrogens is 284 g/mol. The van der Waals surface area contributed by atoms with Crippen LogP contribution in [-0.4, -0.2) is 23.9 Å². The van der Waals surface area contributed by atoms with Gasteiger partial charge in [0.25, 0.3) is 0 Å². The molecule has 0 aliphatic heterocycles. The minimum absolute atomic E-state index is 0. The van der Waals surface area contributed by atoms with E-state index in [-0.39, 0.29) is 29.8 Å². The smallest absolute Gasteiger partial charge is 0.342 e. The number of rotatable bonds is 4. The Kier molecular flexibility index (Phi) is 6.98. The van der Waals surface area contributed by atoms with E-state index in [4.69, 9.17) is 17.3 Å². The van der Waals surface area contributed by atoms with Gasteiger partial charge in [0.1, 0.15) is 5.75 Å². The van der Waals surface area contributed by atoms with E-state index in [1.54, 1.807) is 6.92 Å². The highest BCUT2D eigenvalue weighted by atomic mass is 35.5. The van der Waals surface area contributed by atoms with Crippen LogP contribution in [0.15, 0.2) is 18.2 Å². The molecule has 4 nitrogen and oxygen atoms in total. The number of phenolic OH excluding ortho intramolecular Hbond substituents is 1. The molecule has 0 aliphatic carbocycles. The highest BCUT2D eigenvalue weighted by Gasteiger charge is 2.28. The summed E-state index contributed by atoms with van der Waals surface area (Å²) in [5, 5.41) is 9.25. The van der Waals surface area contributed by atoms with Gasteiger partial charge in [-0.2, -0.15) is 0 Å². The number of halogens is 3. The summed E-state index contributed by atoms with van der Waals surface area (Å²) in [4.78, 5) is 11.2. The SMILES string of the molecule is CCOC(=O)C(F)[C@@H](N)c1ccc(O)c(Cl)c1.Cl. The van der Waals surface area contributed by atoms with Crippen molar-refractivity contribution in [1.29, 1.82) is 0 Å². The number of benzene rings is 1. The average molecular weight is 298 g/mol. The van der Waals surface area contributed by atoms with Crippen molar-refractivity contribution in [2.24, 2.45) is 5.73 Å². The molecule has 0 spiro atoms. The van der Waals surface area contributed by atoms with Crippen molar-refractivity contribution in [3.05, 3.63) is 28.8 Å². The van der Waals surface area contributed by atoms with E-state index in [2.05, 4.69) is 4.74 Å². The summed E-state index contributed by atoms with van der Waals surface area (Å²) in [6.45, 7) is 1.66. The van der Waals surface area contributed by atoms with Crippen LogP contribution in [0.1, 0.15) is 18.5 Å². The van der Waals surface area contributed by atoms with Crippen molar-refractivity contribution < 1.29 is 19.0 Å². The first-order chi connectivity index (χ1) is 7.97. The molecular formula is C11H14Cl2FNO3. The Labute approximate surface area is 115 Å². The number of nitrogens with two attached hydrogens (primary N) is 1. The Balaban J connectivity index is 0.00000289. The van der Waals surface area contributed by atoms with Gasteiger partial charge in [0.15, 0.2) is 0 Å². The zero-order valence-electron chi connectivity index (χ0n) is 9.60. The zero-order valence-corrected chi connectivity index (χ0v) is 11.2. The van der Waals surface area contributed by atoms with E-state index < -0.39 is 18.2 Å². The predicted octanol–water partition coefficient (Wildman–Crippen LogP) is 2.37. The highest BCUT2D eigenvalue weighted by Crippen LogP contribution is 2.27. The zero-order chi connectivity index (χ0) is 13.0. The van der Waals surface area contributed by atoms with Gasteiger partial charge in [-0.15, -0.1) is 12.4 Å². The Morgan fingerprint density at radius 2 is 2.22 bits per heavy atom. The minimum atomic E-state index is -1.96. The molecule has 7 heteroatoms. The summed E-state index contributed by atoms with van der Waals surface area (Å²) in [5.41, 5.74) is 5.89. The van der Waals surface area contributed by atoms with E-state index in [0.717, 1.165) is 0 Å². The fourth-order valence-electron chi connectivity index (χ4n) is 1.27. The molecule has 0 heterocycles. The number of aromatic hydroxyl groups is 1. The van der Waals surface area contributed by atoms with E-state index in [9.17, 15) is 14.3 Å². The molecule has 102 valence electrons. The molecule has 0 fully saturated rings. The van der Waals surface area contributed by atoms with E-state index in [0.29, 0.717) is 5.56 Å². The first-order valence-electron chi connectivity index (χ1n) is 5.02. The number of esters is 1. The van der Waals surface area contributed by atoms with Gasteiger partial charge < -0.3 is 15.6 Å². The third-order valence-corrected chi connectivity index (χ3v) is 2.49. The topological polar surface area (TPSA) is 72.5 Å². The monoisotopic (exact) mass is 297 g/mol. The lowest BCUT2D eigenvalue weighted by molar-refractivity contribution is -0.149. The van der Waals surface area contributed by atoms with Crippen LogP contribution in [0.5, 0.6) is 5.75 Å². The Morgan fingerprint density at radius 3 is 2.72 bits per heavy atom. The standard InChI is InChI=1S/C11H13ClFNO3.ClH/c1-2-17-11(16)9(13)10(14)6-3-4-8(15)7(12)5-6;/h3-5,9-10,15H,2,14H2,1H3;1H/t9?,10-;/m0./s1. The maximum atomic E-state index is 13.6. The molecule has 0 bridgehead atoms. The van der Waals surface area contributed by atoms with Gasteiger partial charge in [0.2, 0.25) is 6.17 Å². The predicted molar refractivity (Wildman–Crippen MR) is 68.8 cm³/mol. The normalized spacial score (nSPS) is 13.3. The molecule has 0 aromatic heterocycles. The molecule has 18 heavy (non-hydrogen) atoms. The molecule has 0 saturated heterocycles. The summed E-state index contributed by atoms with van der Waals surface area (Å²) in [7, 11) is 0. The molecule has 1 rings (SSSR count). The quantitative estimate of drug-likeness (QED) is 0.837. The fraction of sp³-hybridized carbons (Fsp3) is 0.364. The average Bonchev–Trinajstić information content (AvgIpc) is 2.31.